The van der Waals surface area contributed by atoms with E-state index in [0.717, 1.165) is 29.9 Å². The molecule has 0 spiro atoms. The monoisotopic (exact) mass is 401 g/mol. The predicted molar refractivity (Wildman–Crippen MR) is 112 cm³/mol. The molecule has 1 saturated heterocycles. The summed E-state index contributed by atoms with van der Waals surface area (Å²) in [7, 11) is 0. The fourth-order valence-corrected chi connectivity index (χ4v) is 3.96. The molecule has 0 saturated carbocycles. The highest BCUT2D eigenvalue weighted by molar-refractivity contribution is 8.00. The van der Waals surface area contributed by atoms with Gasteiger partial charge >= 0.3 is 0 Å². The number of rotatable bonds is 6. The van der Waals surface area contributed by atoms with Gasteiger partial charge in [0.1, 0.15) is 5.25 Å². The molecule has 5 nitrogen and oxygen atoms in total. The van der Waals surface area contributed by atoms with Crippen molar-refractivity contribution in [1.82, 2.24) is 16.2 Å². The largest absolute Gasteiger partial charge is 0.376 e. The maximum atomic E-state index is 12.8. The molecule has 2 aromatic rings. The number of hydrogen-bond donors (Lipinski definition) is 3. The Hall–Kier alpha value is -2.09. The van der Waals surface area contributed by atoms with Crippen LogP contribution >= 0.6 is 24.0 Å². The third-order valence-corrected chi connectivity index (χ3v) is 5.66. The molecule has 142 valence electrons. The van der Waals surface area contributed by atoms with Crippen molar-refractivity contribution in [1.29, 1.82) is 0 Å². The van der Waals surface area contributed by atoms with E-state index in [9.17, 15) is 4.79 Å². The van der Waals surface area contributed by atoms with E-state index in [1.807, 2.05) is 60.7 Å². The number of hydrazine groups is 1. The fourth-order valence-electron chi connectivity index (χ4n) is 2.78. The fraction of sp³-hybridized carbons (Fsp3) is 0.300. The highest BCUT2D eigenvalue weighted by atomic mass is 32.2. The number of hydrogen-bond acceptors (Lipinski definition) is 4. The molecule has 1 aliphatic heterocycles. The van der Waals surface area contributed by atoms with Gasteiger partial charge in [-0.15, -0.1) is 11.8 Å². The number of amides is 1. The summed E-state index contributed by atoms with van der Waals surface area (Å²) in [6.07, 6.45) is 2.30. The van der Waals surface area contributed by atoms with E-state index >= 15 is 0 Å². The molecule has 27 heavy (non-hydrogen) atoms. The van der Waals surface area contributed by atoms with Crippen LogP contribution in [0.4, 0.5) is 0 Å². The Balaban J connectivity index is 1.56. The number of benzene rings is 2. The summed E-state index contributed by atoms with van der Waals surface area (Å²) in [5.41, 5.74) is 6.45. The summed E-state index contributed by atoms with van der Waals surface area (Å²) in [5, 5.41) is 3.08. The summed E-state index contributed by atoms with van der Waals surface area (Å²) in [6.45, 7) is 1.45. The third kappa shape index (κ3) is 6.23. The van der Waals surface area contributed by atoms with Crippen molar-refractivity contribution in [2.24, 2.45) is 0 Å². The summed E-state index contributed by atoms with van der Waals surface area (Å²) in [6, 6.07) is 19.6. The first-order valence-corrected chi connectivity index (χ1v) is 10.2. The highest BCUT2D eigenvalue weighted by Gasteiger charge is 2.22. The molecule has 3 rings (SSSR count). The minimum Gasteiger partial charge on any atom is -0.376 e. The minimum atomic E-state index is -0.387. The Bertz CT molecular complexity index is 737. The number of nitrogens with one attached hydrogen (secondary N) is 3. The Kier molecular flexibility index (Phi) is 7.50. The van der Waals surface area contributed by atoms with Crippen LogP contribution < -0.4 is 16.2 Å². The van der Waals surface area contributed by atoms with Crippen molar-refractivity contribution < 1.29 is 9.53 Å². The Labute approximate surface area is 169 Å². The molecule has 7 heteroatoms. The third-order valence-electron chi connectivity index (χ3n) is 4.15. The first-order chi connectivity index (χ1) is 13.2. The number of carbonyl (C=O) groups is 1. The zero-order chi connectivity index (χ0) is 18.9. The van der Waals surface area contributed by atoms with Crippen molar-refractivity contribution in [3.8, 4) is 0 Å². The van der Waals surface area contributed by atoms with Crippen molar-refractivity contribution in [3.63, 3.8) is 0 Å². The van der Waals surface area contributed by atoms with E-state index in [0.29, 0.717) is 11.7 Å². The van der Waals surface area contributed by atoms with Crippen LogP contribution in [-0.4, -0.2) is 30.3 Å². The van der Waals surface area contributed by atoms with Gasteiger partial charge < -0.3 is 10.1 Å². The number of thioether (sulfide) groups is 1. The van der Waals surface area contributed by atoms with Gasteiger partial charge in [-0.25, -0.2) is 0 Å². The molecule has 1 heterocycles. The van der Waals surface area contributed by atoms with Crippen LogP contribution in [0.5, 0.6) is 0 Å². The van der Waals surface area contributed by atoms with Gasteiger partial charge in [-0.1, -0.05) is 48.5 Å². The summed E-state index contributed by atoms with van der Waals surface area (Å²) >= 11 is 6.74. The van der Waals surface area contributed by atoms with Crippen LogP contribution in [0.2, 0.25) is 0 Å². The number of thiocarbonyl (C=S) groups is 1. The topological polar surface area (TPSA) is 62.4 Å². The second kappa shape index (κ2) is 10.3. The predicted octanol–water partition coefficient (Wildman–Crippen LogP) is 3.19. The lowest BCUT2D eigenvalue weighted by Crippen LogP contribution is -2.49. The Morgan fingerprint density at radius 2 is 1.81 bits per heavy atom. The van der Waals surface area contributed by atoms with Gasteiger partial charge in [0.25, 0.3) is 5.91 Å². The minimum absolute atomic E-state index is 0.156. The molecule has 0 aromatic heterocycles. The molecular weight excluding hydrogens is 378 g/mol. The van der Waals surface area contributed by atoms with Crippen LogP contribution in [-0.2, 0) is 9.53 Å². The van der Waals surface area contributed by atoms with Crippen LogP contribution in [0.3, 0.4) is 0 Å². The second-order valence-corrected chi connectivity index (χ2v) is 7.77. The van der Waals surface area contributed by atoms with E-state index in [2.05, 4.69) is 16.2 Å². The molecular formula is C20H23N3O2S2. The van der Waals surface area contributed by atoms with Gasteiger partial charge in [-0.05, 0) is 42.8 Å². The van der Waals surface area contributed by atoms with Gasteiger partial charge in [0.05, 0.1) is 6.10 Å². The number of carbonyl (C=O) groups excluding carboxylic acids is 1. The zero-order valence-electron chi connectivity index (χ0n) is 14.9. The molecule has 1 aliphatic rings. The van der Waals surface area contributed by atoms with Crippen LogP contribution in [0, 0.1) is 0 Å². The molecule has 1 amide bonds. The van der Waals surface area contributed by atoms with Gasteiger partial charge in [0, 0.05) is 18.0 Å². The maximum absolute atomic E-state index is 12.8. The van der Waals surface area contributed by atoms with Crippen molar-refractivity contribution in [2.45, 2.75) is 29.1 Å². The van der Waals surface area contributed by atoms with Gasteiger partial charge in [0.15, 0.2) is 5.11 Å². The SMILES string of the molecule is O=C(NNC(=S)NC[C@@H]1CCCO1)[C@@H](Sc1ccccc1)c1ccccc1. The van der Waals surface area contributed by atoms with E-state index in [1.165, 1.54) is 11.8 Å². The Morgan fingerprint density at radius 3 is 2.48 bits per heavy atom. The van der Waals surface area contributed by atoms with Crippen molar-refractivity contribution in [2.75, 3.05) is 13.2 Å². The average molecular weight is 402 g/mol. The average Bonchev–Trinajstić information content (AvgIpc) is 3.24. The van der Waals surface area contributed by atoms with E-state index in [-0.39, 0.29) is 17.3 Å². The normalized spacial score (nSPS) is 17.1. The van der Waals surface area contributed by atoms with Crippen molar-refractivity contribution >= 4 is 35.0 Å². The molecule has 0 unspecified atom stereocenters. The molecule has 0 radical (unpaired) electrons. The van der Waals surface area contributed by atoms with E-state index < -0.39 is 0 Å². The number of ether oxygens (including phenoxy) is 1. The molecule has 0 aliphatic carbocycles. The Morgan fingerprint density at radius 1 is 1.11 bits per heavy atom. The maximum Gasteiger partial charge on any atom is 0.256 e. The summed E-state index contributed by atoms with van der Waals surface area (Å²) in [4.78, 5) is 13.8. The summed E-state index contributed by atoms with van der Waals surface area (Å²) in [5.74, 6) is -0.156. The van der Waals surface area contributed by atoms with Gasteiger partial charge in [-0.3, -0.25) is 15.6 Å². The molecule has 3 N–H and O–H groups in total. The first-order valence-electron chi connectivity index (χ1n) is 8.94. The first kappa shape index (κ1) is 19.7. The lowest BCUT2D eigenvalue weighted by atomic mass is 10.1. The van der Waals surface area contributed by atoms with Gasteiger partial charge in [-0.2, -0.15) is 0 Å². The molecule has 2 atom stereocenters. The van der Waals surface area contributed by atoms with Crippen LogP contribution in [0.1, 0.15) is 23.7 Å². The smallest absolute Gasteiger partial charge is 0.256 e. The molecule has 1 fully saturated rings. The van der Waals surface area contributed by atoms with Crippen LogP contribution in [0.15, 0.2) is 65.6 Å². The van der Waals surface area contributed by atoms with E-state index in [4.69, 9.17) is 17.0 Å². The highest BCUT2D eigenvalue weighted by Crippen LogP contribution is 2.35. The van der Waals surface area contributed by atoms with E-state index in [1.54, 1.807) is 0 Å². The molecule has 2 aromatic carbocycles. The van der Waals surface area contributed by atoms with Crippen LogP contribution in [0.25, 0.3) is 0 Å². The standard InChI is InChI=1S/C20H23N3O2S2/c24-19(22-23-20(26)21-14-16-10-7-13-25-16)18(15-8-3-1-4-9-15)27-17-11-5-2-6-12-17/h1-6,8-9,11-12,16,18H,7,10,13-14H2,(H,22,24)(H2,21,23,26)/t16-,18-/m0/s1. The second-order valence-electron chi connectivity index (χ2n) is 6.18. The van der Waals surface area contributed by atoms with Crippen molar-refractivity contribution in [3.05, 3.63) is 66.2 Å². The van der Waals surface area contributed by atoms with Gasteiger partial charge in [0.2, 0.25) is 0 Å². The lowest BCUT2D eigenvalue weighted by molar-refractivity contribution is -0.121. The molecule has 0 bridgehead atoms. The quantitative estimate of drug-likeness (QED) is 0.393. The lowest BCUT2D eigenvalue weighted by Gasteiger charge is -2.19. The summed E-state index contributed by atoms with van der Waals surface area (Å²) < 4.78 is 5.55. The zero-order valence-corrected chi connectivity index (χ0v) is 16.5.